The first-order valence-electron chi connectivity index (χ1n) is 10.3. The quantitative estimate of drug-likeness (QED) is 0.413. The fraction of sp³-hybridized carbons (Fsp3) is 0.0800. The molecule has 0 radical (unpaired) electrons. The van der Waals surface area contributed by atoms with Crippen LogP contribution >= 0.6 is 11.6 Å². The van der Waals surface area contributed by atoms with E-state index in [0.29, 0.717) is 21.8 Å². The molecular weight excluding hydrogens is 460 g/mol. The highest BCUT2D eigenvalue weighted by Crippen LogP contribution is 2.30. The molecule has 2 aliphatic heterocycles. The first-order chi connectivity index (χ1) is 16.4. The van der Waals surface area contributed by atoms with Gasteiger partial charge in [-0.1, -0.05) is 23.7 Å². The Morgan fingerprint density at radius 1 is 0.735 bits per heavy atom. The van der Waals surface area contributed by atoms with Gasteiger partial charge in [-0.05, 0) is 54.6 Å². The Labute approximate surface area is 198 Å². The highest BCUT2D eigenvalue weighted by atomic mass is 35.5. The second kappa shape index (κ2) is 8.24. The summed E-state index contributed by atoms with van der Waals surface area (Å²) in [7, 11) is 0. The Morgan fingerprint density at radius 2 is 1.32 bits per heavy atom. The van der Waals surface area contributed by atoms with Gasteiger partial charge in [0.15, 0.2) is 0 Å². The number of fused-ring (bicyclic) bond motifs is 2. The molecule has 9 heteroatoms. The number of amides is 4. The van der Waals surface area contributed by atoms with Crippen LogP contribution in [0.15, 0.2) is 66.7 Å². The van der Waals surface area contributed by atoms with Crippen molar-refractivity contribution < 1.29 is 28.7 Å². The van der Waals surface area contributed by atoms with Crippen LogP contribution in [-0.4, -0.2) is 47.6 Å². The van der Waals surface area contributed by atoms with E-state index in [2.05, 4.69) is 0 Å². The average molecular weight is 475 g/mol. The van der Waals surface area contributed by atoms with Crippen molar-refractivity contribution in [1.82, 2.24) is 4.90 Å². The van der Waals surface area contributed by atoms with E-state index < -0.39 is 29.6 Å². The van der Waals surface area contributed by atoms with Gasteiger partial charge in [-0.25, -0.2) is 9.69 Å². The van der Waals surface area contributed by atoms with Gasteiger partial charge in [-0.15, -0.1) is 0 Å². The van der Waals surface area contributed by atoms with Gasteiger partial charge in [-0.2, -0.15) is 0 Å². The van der Waals surface area contributed by atoms with Crippen LogP contribution in [-0.2, 0) is 4.74 Å². The summed E-state index contributed by atoms with van der Waals surface area (Å²) in [5.41, 5.74) is 1.30. The molecule has 0 saturated carbocycles. The van der Waals surface area contributed by atoms with Gasteiger partial charge in [-0.3, -0.25) is 24.1 Å². The van der Waals surface area contributed by atoms with Crippen molar-refractivity contribution in [1.29, 1.82) is 0 Å². The van der Waals surface area contributed by atoms with Crippen molar-refractivity contribution in [2.75, 3.05) is 18.1 Å². The van der Waals surface area contributed by atoms with E-state index in [1.54, 1.807) is 48.5 Å². The fourth-order valence-corrected chi connectivity index (χ4v) is 4.07. The summed E-state index contributed by atoms with van der Waals surface area (Å²) in [5.74, 6) is -2.71. The number of benzene rings is 3. The molecule has 168 valence electrons. The summed E-state index contributed by atoms with van der Waals surface area (Å²) in [4.78, 5) is 65.0. The third-order valence-corrected chi connectivity index (χ3v) is 5.89. The molecule has 3 aromatic carbocycles. The van der Waals surface area contributed by atoms with E-state index in [4.69, 9.17) is 16.3 Å². The number of carbonyl (C=O) groups excluding carboxylic acids is 5. The molecule has 0 spiro atoms. The van der Waals surface area contributed by atoms with E-state index in [1.807, 2.05) is 0 Å². The lowest BCUT2D eigenvalue weighted by molar-refractivity contribution is 0.0420. The molecule has 0 atom stereocenters. The zero-order valence-electron chi connectivity index (χ0n) is 17.5. The van der Waals surface area contributed by atoms with Crippen LogP contribution in [0.5, 0.6) is 0 Å². The molecule has 0 fully saturated rings. The number of rotatable bonds is 5. The number of nitrogens with zero attached hydrogens (tertiary/aromatic N) is 2. The molecule has 34 heavy (non-hydrogen) atoms. The number of esters is 1. The minimum Gasteiger partial charge on any atom is -0.460 e. The van der Waals surface area contributed by atoms with Crippen LogP contribution in [0.4, 0.5) is 5.69 Å². The third-order valence-electron chi connectivity index (χ3n) is 5.63. The summed E-state index contributed by atoms with van der Waals surface area (Å²) in [6.07, 6.45) is 0. The van der Waals surface area contributed by atoms with Crippen molar-refractivity contribution in [3.05, 3.63) is 99.6 Å². The van der Waals surface area contributed by atoms with Crippen LogP contribution in [0.3, 0.4) is 0 Å². The highest BCUT2D eigenvalue weighted by Gasteiger charge is 2.38. The number of ether oxygens (including phenoxy) is 1. The SMILES string of the molecule is O=C(OCCN1C(=O)c2ccccc2C1=O)c1ccc2c(c1)C(=O)N(c1ccc(Cl)cc1)C2=O. The molecule has 8 nitrogen and oxygen atoms in total. The summed E-state index contributed by atoms with van der Waals surface area (Å²) in [6, 6.07) is 16.8. The first kappa shape index (κ1) is 21.5. The number of anilines is 1. The van der Waals surface area contributed by atoms with E-state index in [9.17, 15) is 24.0 Å². The summed E-state index contributed by atoms with van der Waals surface area (Å²) in [6.45, 7) is -0.323. The Balaban J connectivity index is 1.27. The summed E-state index contributed by atoms with van der Waals surface area (Å²) < 4.78 is 5.22. The molecule has 2 heterocycles. The normalized spacial score (nSPS) is 14.5. The maximum absolute atomic E-state index is 12.9. The Bertz CT molecular complexity index is 1360. The Morgan fingerprint density at radius 3 is 1.97 bits per heavy atom. The molecule has 3 aromatic rings. The molecule has 5 rings (SSSR count). The number of carbonyl (C=O) groups is 5. The van der Waals surface area contributed by atoms with Crippen LogP contribution < -0.4 is 4.90 Å². The Kier molecular flexibility index (Phi) is 5.22. The van der Waals surface area contributed by atoms with Crippen LogP contribution in [0, 0.1) is 0 Å². The molecule has 0 unspecified atom stereocenters. The van der Waals surface area contributed by atoms with Gasteiger partial charge in [0.1, 0.15) is 6.61 Å². The average Bonchev–Trinajstić information content (AvgIpc) is 3.24. The minimum absolute atomic E-state index is 0.0696. The highest BCUT2D eigenvalue weighted by molar-refractivity contribution is 6.35. The van der Waals surface area contributed by atoms with Gasteiger partial charge in [0.25, 0.3) is 23.6 Å². The smallest absolute Gasteiger partial charge is 0.338 e. The largest absolute Gasteiger partial charge is 0.460 e. The molecule has 0 aliphatic carbocycles. The minimum atomic E-state index is -0.746. The maximum atomic E-state index is 12.9. The second-order valence-corrected chi connectivity index (χ2v) is 8.06. The topological polar surface area (TPSA) is 101 Å². The lowest BCUT2D eigenvalue weighted by atomic mass is 10.1. The van der Waals surface area contributed by atoms with Crippen molar-refractivity contribution in [3.8, 4) is 0 Å². The molecule has 0 N–H and O–H groups in total. The molecular formula is C25H15ClN2O6. The number of hydrogen-bond donors (Lipinski definition) is 0. The van der Waals surface area contributed by atoms with Crippen molar-refractivity contribution in [3.63, 3.8) is 0 Å². The van der Waals surface area contributed by atoms with Crippen molar-refractivity contribution >= 4 is 46.9 Å². The molecule has 4 amide bonds. The van der Waals surface area contributed by atoms with Gasteiger partial charge in [0.05, 0.1) is 40.0 Å². The van der Waals surface area contributed by atoms with Gasteiger partial charge in [0, 0.05) is 5.02 Å². The zero-order valence-corrected chi connectivity index (χ0v) is 18.2. The number of halogens is 1. The van der Waals surface area contributed by atoms with E-state index in [-0.39, 0.29) is 29.8 Å². The fourth-order valence-electron chi connectivity index (χ4n) is 3.95. The summed E-state index contributed by atoms with van der Waals surface area (Å²) >= 11 is 5.88. The van der Waals surface area contributed by atoms with E-state index >= 15 is 0 Å². The maximum Gasteiger partial charge on any atom is 0.338 e. The first-order valence-corrected chi connectivity index (χ1v) is 10.7. The van der Waals surface area contributed by atoms with Crippen LogP contribution in [0.25, 0.3) is 0 Å². The predicted molar refractivity (Wildman–Crippen MR) is 121 cm³/mol. The van der Waals surface area contributed by atoms with Crippen molar-refractivity contribution in [2.45, 2.75) is 0 Å². The molecule has 2 aliphatic rings. The second-order valence-electron chi connectivity index (χ2n) is 7.63. The molecule has 0 saturated heterocycles. The lowest BCUT2D eigenvalue weighted by Gasteiger charge is -2.14. The lowest BCUT2D eigenvalue weighted by Crippen LogP contribution is -2.33. The summed E-state index contributed by atoms with van der Waals surface area (Å²) in [5, 5.41) is 0.464. The van der Waals surface area contributed by atoms with Crippen LogP contribution in [0.1, 0.15) is 51.8 Å². The standard InChI is InChI=1S/C25H15ClN2O6/c26-15-6-8-16(9-7-15)28-23(31)19-10-5-14(13-20(19)24(28)32)25(33)34-12-11-27-21(29)17-3-1-2-4-18(17)22(27)30/h1-10,13H,11-12H2. The number of imide groups is 2. The van der Waals surface area contributed by atoms with Crippen molar-refractivity contribution in [2.24, 2.45) is 0 Å². The third kappa shape index (κ3) is 3.45. The van der Waals surface area contributed by atoms with E-state index in [0.717, 1.165) is 9.80 Å². The van der Waals surface area contributed by atoms with Crippen LogP contribution in [0.2, 0.25) is 5.02 Å². The molecule has 0 aromatic heterocycles. The van der Waals surface area contributed by atoms with E-state index in [1.165, 1.54) is 18.2 Å². The Hall–Kier alpha value is -4.30. The van der Waals surface area contributed by atoms with Gasteiger partial charge >= 0.3 is 5.97 Å². The van der Waals surface area contributed by atoms with Gasteiger partial charge < -0.3 is 4.74 Å². The number of hydrogen-bond acceptors (Lipinski definition) is 6. The molecule has 0 bridgehead atoms. The zero-order chi connectivity index (χ0) is 24.0. The monoisotopic (exact) mass is 474 g/mol. The van der Waals surface area contributed by atoms with Gasteiger partial charge in [0.2, 0.25) is 0 Å². The predicted octanol–water partition coefficient (Wildman–Crippen LogP) is 3.59.